The Morgan fingerprint density at radius 3 is 1.18 bits per heavy atom. The summed E-state index contributed by atoms with van der Waals surface area (Å²) in [6.45, 7) is 3.23. The molecule has 5 aromatic carbocycles. The van der Waals surface area contributed by atoms with Crippen molar-refractivity contribution < 1.29 is 19.2 Å². The number of fused-ring (bicyclic) bond motifs is 2. The van der Waals surface area contributed by atoms with E-state index < -0.39 is 0 Å². The summed E-state index contributed by atoms with van der Waals surface area (Å²) in [5.74, 6) is -1.09. The summed E-state index contributed by atoms with van der Waals surface area (Å²) in [5.41, 5.74) is 2.11. The molecule has 2 aliphatic rings. The number of likely N-dealkylation sites (N-methyl/N-ethyl adjacent to an activating group) is 1. The van der Waals surface area contributed by atoms with Gasteiger partial charge in [-0.05, 0) is 77.1 Å². The average molecular weight is 504 g/mol. The molecule has 4 amide bonds. The molecule has 0 fully saturated rings. The Kier molecular flexibility index (Phi) is 4.69. The Labute approximate surface area is 218 Å². The topological polar surface area (TPSA) is 78.0 Å². The van der Waals surface area contributed by atoms with Crippen molar-refractivity contribution in [2.45, 2.75) is 13.3 Å². The van der Waals surface area contributed by atoms with Crippen LogP contribution in [0, 0.1) is 0 Å². The van der Waals surface area contributed by atoms with E-state index in [1.54, 1.807) is 0 Å². The third kappa shape index (κ3) is 2.77. The first kappa shape index (κ1) is 22.8. The van der Waals surface area contributed by atoms with Gasteiger partial charge in [-0.3, -0.25) is 29.0 Å². The predicted octanol–water partition coefficient (Wildman–Crippen LogP) is 4.90. The molecule has 0 N–H and O–H groups in total. The molecule has 5 aromatic rings. The van der Waals surface area contributed by atoms with E-state index in [-0.39, 0.29) is 23.6 Å². The molecule has 7 rings (SSSR count). The molecule has 188 valence electrons. The van der Waals surface area contributed by atoms with Crippen molar-refractivity contribution in [1.29, 1.82) is 0 Å². The summed E-state index contributed by atoms with van der Waals surface area (Å²) < 4.78 is 0. The van der Waals surface area contributed by atoms with Gasteiger partial charge in [-0.2, -0.15) is 0 Å². The van der Waals surface area contributed by atoms with Crippen LogP contribution in [-0.2, 0) is 0 Å². The van der Waals surface area contributed by atoms with Gasteiger partial charge in [0.05, 0.1) is 0 Å². The highest BCUT2D eigenvalue weighted by atomic mass is 16.2. The van der Waals surface area contributed by atoms with E-state index in [0.717, 1.165) is 32.3 Å². The van der Waals surface area contributed by atoms with E-state index in [1.165, 1.54) is 9.80 Å². The minimum atomic E-state index is -0.281. The number of hydrogen-bond acceptors (Lipinski definition) is 5. The number of amides is 4. The van der Waals surface area contributed by atoms with Gasteiger partial charge < -0.3 is 4.90 Å². The van der Waals surface area contributed by atoms with Crippen LogP contribution in [0.2, 0.25) is 0 Å². The lowest BCUT2D eigenvalue weighted by atomic mass is 9.82. The van der Waals surface area contributed by atoms with E-state index in [2.05, 4.69) is 0 Å². The quantitative estimate of drug-likeness (QED) is 0.194. The summed E-state index contributed by atoms with van der Waals surface area (Å²) in [6.07, 6.45) is 0.691. The smallest absolute Gasteiger partial charge is 0.261 e. The number of rotatable bonds is 5. The standard InChI is InChI=1S/C31H25N3O4/c1-4-13-33-28(35)20-9-5-16-18-7-11-22-27-23(31(38)34(30(22)37)15-14-32(2)3)12-8-19(25(18)27)17-6-10-21(29(33)36)26(20)24(16)17/h5-12H,4,13-15H2,1-3H3. The maximum Gasteiger partial charge on any atom is 0.261 e. The molecule has 2 heterocycles. The molecule has 38 heavy (non-hydrogen) atoms. The van der Waals surface area contributed by atoms with Gasteiger partial charge in [-0.25, -0.2) is 0 Å². The van der Waals surface area contributed by atoms with Gasteiger partial charge in [-0.1, -0.05) is 31.2 Å². The van der Waals surface area contributed by atoms with Crippen molar-refractivity contribution in [3.8, 4) is 0 Å². The van der Waals surface area contributed by atoms with E-state index in [4.69, 9.17) is 0 Å². The van der Waals surface area contributed by atoms with Crippen LogP contribution in [-0.4, -0.2) is 72.1 Å². The van der Waals surface area contributed by atoms with Gasteiger partial charge in [0.1, 0.15) is 0 Å². The number of carbonyl (C=O) groups excluding carboxylic acids is 4. The van der Waals surface area contributed by atoms with Gasteiger partial charge in [0.15, 0.2) is 0 Å². The van der Waals surface area contributed by atoms with Crippen LogP contribution in [0.1, 0.15) is 54.8 Å². The van der Waals surface area contributed by atoms with E-state index in [0.29, 0.717) is 59.1 Å². The molecule has 0 spiro atoms. The summed E-state index contributed by atoms with van der Waals surface area (Å²) in [7, 11) is 3.82. The highest BCUT2D eigenvalue weighted by Gasteiger charge is 2.36. The zero-order valence-electron chi connectivity index (χ0n) is 21.4. The normalized spacial score (nSPS) is 15.5. The highest BCUT2D eigenvalue weighted by Crippen LogP contribution is 2.46. The molecule has 0 aromatic heterocycles. The summed E-state index contributed by atoms with van der Waals surface area (Å²) in [5, 5.41) is 6.69. The number of nitrogens with zero attached hydrogens (tertiary/aromatic N) is 3. The molecule has 7 nitrogen and oxygen atoms in total. The Balaban J connectivity index is 1.55. The zero-order chi connectivity index (χ0) is 26.5. The lowest BCUT2D eigenvalue weighted by Gasteiger charge is -2.30. The second-order valence-electron chi connectivity index (χ2n) is 10.5. The van der Waals surface area contributed by atoms with Crippen LogP contribution in [0.15, 0.2) is 48.5 Å². The third-order valence-electron chi connectivity index (χ3n) is 8.02. The minimum absolute atomic E-state index is 0.266. The second-order valence-corrected chi connectivity index (χ2v) is 10.5. The average Bonchev–Trinajstić information content (AvgIpc) is 2.91. The van der Waals surface area contributed by atoms with Gasteiger partial charge in [-0.15, -0.1) is 0 Å². The van der Waals surface area contributed by atoms with Crippen LogP contribution >= 0.6 is 0 Å². The molecule has 2 aliphatic heterocycles. The van der Waals surface area contributed by atoms with Crippen molar-refractivity contribution in [1.82, 2.24) is 14.7 Å². The Hall–Kier alpha value is -4.36. The lowest BCUT2D eigenvalue weighted by molar-refractivity contribution is 0.0590. The first-order chi connectivity index (χ1) is 18.3. The Morgan fingerprint density at radius 1 is 0.526 bits per heavy atom. The van der Waals surface area contributed by atoms with Crippen LogP contribution in [0.25, 0.3) is 43.1 Å². The molecule has 7 heteroatoms. The molecule has 0 radical (unpaired) electrons. The number of imide groups is 2. The van der Waals surface area contributed by atoms with E-state index in [1.807, 2.05) is 74.4 Å². The van der Waals surface area contributed by atoms with Gasteiger partial charge in [0, 0.05) is 52.7 Å². The fourth-order valence-corrected chi connectivity index (χ4v) is 6.30. The molecule has 0 unspecified atom stereocenters. The van der Waals surface area contributed by atoms with Gasteiger partial charge in [0.2, 0.25) is 0 Å². The number of hydrogen-bond donors (Lipinski definition) is 0. The Morgan fingerprint density at radius 2 is 0.868 bits per heavy atom. The molecular formula is C31H25N3O4. The van der Waals surface area contributed by atoms with E-state index >= 15 is 0 Å². The number of benzene rings is 5. The molecule has 0 bridgehead atoms. The number of carbonyl (C=O) groups is 4. The Bertz CT molecular complexity index is 1780. The SMILES string of the molecule is CCCN1C(=O)c2ccc3c4ccc5c6c(ccc(c7ccc(c2c37)C1=O)c64)C(=O)N(CCN(C)C)C5=O. The van der Waals surface area contributed by atoms with Gasteiger partial charge in [0.25, 0.3) is 23.6 Å². The van der Waals surface area contributed by atoms with Crippen molar-refractivity contribution in [2.75, 3.05) is 33.7 Å². The van der Waals surface area contributed by atoms with E-state index in [9.17, 15) is 19.2 Å². The fourth-order valence-electron chi connectivity index (χ4n) is 6.30. The molecule has 0 saturated carbocycles. The van der Waals surface area contributed by atoms with Crippen molar-refractivity contribution in [3.05, 3.63) is 70.8 Å². The second kappa shape index (κ2) is 7.82. The minimum Gasteiger partial charge on any atom is -0.308 e. The molecule has 0 atom stereocenters. The predicted molar refractivity (Wildman–Crippen MR) is 147 cm³/mol. The third-order valence-corrected chi connectivity index (χ3v) is 8.02. The maximum absolute atomic E-state index is 13.5. The monoisotopic (exact) mass is 503 g/mol. The molecule has 0 saturated heterocycles. The van der Waals surface area contributed by atoms with Crippen molar-refractivity contribution in [3.63, 3.8) is 0 Å². The van der Waals surface area contributed by atoms with Crippen LogP contribution in [0.5, 0.6) is 0 Å². The zero-order valence-corrected chi connectivity index (χ0v) is 21.4. The fraction of sp³-hybridized carbons (Fsp3) is 0.226. The summed E-state index contributed by atoms with van der Waals surface area (Å²) in [4.78, 5) is 58.2. The maximum atomic E-state index is 13.5. The largest absolute Gasteiger partial charge is 0.308 e. The highest BCUT2D eigenvalue weighted by molar-refractivity contribution is 6.41. The van der Waals surface area contributed by atoms with Crippen LogP contribution < -0.4 is 0 Å². The summed E-state index contributed by atoms with van der Waals surface area (Å²) in [6, 6.07) is 15.0. The van der Waals surface area contributed by atoms with Crippen molar-refractivity contribution >= 4 is 66.7 Å². The van der Waals surface area contributed by atoms with Gasteiger partial charge >= 0.3 is 0 Å². The summed E-state index contributed by atoms with van der Waals surface area (Å²) >= 11 is 0. The first-order valence-electron chi connectivity index (χ1n) is 12.9. The van der Waals surface area contributed by atoms with Crippen molar-refractivity contribution in [2.24, 2.45) is 0 Å². The molecular weight excluding hydrogens is 478 g/mol. The van der Waals surface area contributed by atoms with Crippen LogP contribution in [0.3, 0.4) is 0 Å². The lowest BCUT2D eigenvalue weighted by Crippen LogP contribution is -2.43. The molecule has 0 aliphatic carbocycles. The van der Waals surface area contributed by atoms with Crippen LogP contribution in [0.4, 0.5) is 0 Å². The first-order valence-corrected chi connectivity index (χ1v) is 12.9.